The normalized spacial score (nSPS) is 17.4. The van der Waals surface area contributed by atoms with Crippen molar-refractivity contribution in [1.82, 2.24) is 14.9 Å². The van der Waals surface area contributed by atoms with Crippen LogP contribution in [0.4, 0.5) is 25.2 Å². The highest BCUT2D eigenvalue weighted by Gasteiger charge is 2.30. The maximum atomic E-state index is 15.3. The molecule has 0 spiro atoms. The van der Waals surface area contributed by atoms with Gasteiger partial charge in [0.2, 0.25) is 16.0 Å². The molecule has 3 N–H and O–H groups in total. The Bertz CT molecular complexity index is 1690. The summed E-state index contributed by atoms with van der Waals surface area (Å²) in [4.78, 5) is 21.3. The molecular weight excluding hydrogens is 552 g/mol. The number of nitrogens with one attached hydrogen (secondary N) is 2. The molecule has 1 fully saturated rings. The number of sulfonamides is 1. The SMILES string of the molecule is CCc1cc(-c2ccc(NS(=O)(=O)Cc3ccccc3)cc2F)cc2cnc(NC3CC(F)CN(C(=O)O)C3)nc12. The van der Waals surface area contributed by atoms with Gasteiger partial charge in [-0.25, -0.2) is 32.0 Å². The molecule has 1 aliphatic heterocycles. The molecule has 0 aliphatic carbocycles. The fourth-order valence-corrected chi connectivity index (χ4v) is 6.21. The molecule has 1 saturated heterocycles. The number of aromatic nitrogens is 2. The van der Waals surface area contributed by atoms with Gasteiger partial charge < -0.3 is 15.3 Å². The second kappa shape index (κ2) is 11.7. The number of alkyl halides is 1. The van der Waals surface area contributed by atoms with Crippen molar-refractivity contribution in [2.75, 3.05) is 23.1 Å². The molecule has 2 heterocycles. The highest BCUT2D eigenvalue weighted by molar-refractivity contribution is 7.91. The van der Waals surface area contributed by atoms with Crippen molar-refractivity contribution in [2.24, 2.45) is 0 Å². The molecule has 1 aliphatic rings. The summed E-state index contributed by atoms with van der Waals surface area (Å²) in [6.07, 6.45) is -0.149. The molecule has 1 amide bonds. The molecule has 5 rings (SSSR count). The van der Waals surface area contributed by atoms with Crippen LogP contribution in [0.1, 0.15) is 24.5 Å². The molecule has 41 heavy (non-hydrogen) atoms. The van der Waals surface area contributed by atoms with Crippen LogP contribution in [0, 0.1) is 5.82 Å². The number of hydrogen-bond donors (Lipinski definition) is 3. The third-order valence-electron chi connectivity index (χ3n) is 6.90. The fraction of sp³-hybridized carbons (Fsp3) is 0.276. The Morgan fingerprint density at radius 1 is 1.12 bits per heavy atom. The van der Waals surface area contributed by atoms with Crippen LogP contribution in [0.3, 0.4) is 0 Å². The molecule has 0 radical (unpaired) electrons. The minimum Gasteiger partial charge on any atom is -0.465 e. The molecule has 4 aromatic rings. The second-order valence-electron chi connectivity index (χ2n) is 10.0. The summed E-state index contributed by atoms with van der Waals surface area (Å²) in [5.41, 5.74) is 3.08. The largest absolute Gasteiger partial charge is 0.465 e. The van der Waals surface area contributed by atoms with Crippen molar-refractivity contribution in [2.45, 2.75) is 37.7 Å². The standard InChI is InChI=1S/C29H29F2N5O4S/c1-2-19-10-20(25-9-8-23(13-26(25)31)35-41(39,40)17-18-6-4-3-5-7-18)11-21-14-32-28(34-27(19)21)33-24-12-22(30)15-36(16-24)29(37)38/h3-11,13-14,22,24,35H,2,12,15-17H2,1H3,(H,37,38)(H,32,33,34). The second-order valence-corrected chi connectivity index (χ2v) is 11.7. The zero-order valence-corrected chi connectivity index (χ0v) is 23.0. The average molecular weight is 582 g/mol. The number of amides is 1. The number of rotatable bonds is 8. The summed E-state index contributed by atoms with van der Waals surface area (Å²) in [5, 5.41) is 13.0. The summed E-state index contributed by atoms with van der Waals surface area (Å²) in [6.45, 7) is 1.90. The third kappa shape index (κ3) is 6.71. The van der Waals surface area contributed by atoms with Crippen molar-refractivity contribution in [3.05, 3.63) is 83.8 Å². The third-order valence-corrected chi connectivity index (χ3v) is 8.16. The number of nitrogens with zero attached hydrogens (tertiary/aromatic N) is 3. The highest BCUT2D eigenvalue weighted by atomic mass is 32.2. The number of fused-ring (bicyclic) bond motifs is 1. The van der Waals surface area contributed by atoms with E-state index < -0.39 is 34.1 Å². The number of benzene rings is 3. The Hall–Kier alpha value is -4.32. The fourth-order valence-electron chi connectivity index (χ4n) is 5.02. The van der Waals surface area contributed by atoms with Crippen molar-refractivity contribution in [3.8, 4) is 11.1 Å². The smallest absolute Gasteiger partial charge is 0.407 e. The number of piperidine rings is 1. The van der Waals surface area contributed by atoms with E-state index in [1.165, 1.54) is 12.1 Å². The van der Waals surface area contributed by atoms with E-state index in [0.29, 0.717) is 34.0 Å². The van der Waals surface area contributed by atoms with Gasteiger partial charge >= 0.3 is 6.09 Å². The Labute approximate surface area is 236 Å². The van der Waals surface area contributed by atoms with Crippen LogP contribution < -0.4 is 10.0 Å². The molecule has 2 atom stereocenters. The lowest BCUT2D eigenvalue weighted by atomic mass is 9.98. The van der Waals surface area contributed by atoms with E-state index in [1.807, 2.05) is 13.0 Å². The lowest BCUT2D eigenvalue weighted by Crippen LogP contribution is -2.49. The van der Waals surface area contributed by atoms with Gasteiger partial charge in [-0.1, -0.05) is 37.3 Å². The number of carbonyl (C=O) groups is 1. The van der Waals surface area contributed by atoms with Gasteiger partial charge in [-0.2, -0.15) is 0 Å². The van der Waals surface area contributed by atoms with Crippen LogP contribution in [-0.2, 0) is 22.2 Å². The van der Waals surface area contributed by atoms with E-state index in [2.05, 4.69) is 20.0 Å². The number of carboxylic acid groups (broad SMARTS) is 1. The van der Waals surface area contributed by atoms with Crippen LogP contribution in [0.15, 0.2) is 66.9 Å². The van der Waals surface area contributed by atoms with Gasteiger partial charge in [-0.15, -0.1) is 0 Å². The summed E-state index contributed by atoms with van der Waals surface area (Å²) in [6, 6.07) is 16.0. The lowest BCUT2D eigenvalue weighted by Gasteiger charge is -2.33. The minimum atomic E-state index is -3.74. The highest BCUT2D eigenvalue weighted by Crippen LogP contribution is 2.31. The quantitative estimate of drug-likeness (QED) is 0.253. The lowest BCUT2D eigenvalue weighted by molar-refractivity contribution is 0.102. The molecular formula is C29H29F2N5O4S. The van der Waals surface area contributed by atoms with Gasteiger partial charge in [0.1, 0.15) is 12.0 Å². The van der Waals surface area contributed by atoms with Gasteiger partial charge in [0.15, 0.2) is 0 Å². The van der Waals surface area contributed by atoms with Crippen LogP contribution in [0.5, 0.6) is 0 Å². The first kappa shape index (κ1) is 28.2. The zero-order valence-electron chi connectivity index (χ0n) is 22.2. The molecule has 2 unspecified atom stereocenters. The Morgan fingerprint density at radius 2 is 1.90 bits per heavy atom. The van der Waals surface area contributed by atoms with Crippen LogP contribution >= 0.6 is 0 Å². The summed E-state index contributed by atoms with van der Waals surface area (Å²) >= 11 is 0. The van der Waals surface area contributed by atoms with E-state index in [9.17, 15) is 22.7 Å². The minimum absolute atomic E-state index is 0.119. The monoisotopic (exact) mass is 581 g/mol. The van der Waals surface area contributed by atoms with Gasteiger partial charge in [-0.3, -0.25) is 4.72 Å². The van der Waals surface area contributed by atoms with E-state index in [1.54, 1.807) is 42.6 Å². The summed E-state index contributed by atoms with van der Waals surface area (Å²) < 4.78 is 57.0. The molecule has 12 heteroatoms. The maximum Gasteiger partial charge on any atom is 0.407 e. The summed E-state index contributed by atoms with van der Waals surface area (Å²) in [7, 11) is -3.74. The van der Waals surface area contributed by atoms with Gasteiger partial charge in [0.25, 0.3) is 0 Å². The van der Waals surface area contributed by atoms with E-state index in [-0.39, 0.29) is 36.9 Å². The molecule has 9 nitrogen and oxygen atoms in total. The van der Waals surface area contributed by atoms with E-state index >= 15 is 4.39 Å². The average Bonchev–Trinajstić information content (AvgIpc) is 2.92. The Morgan fingerprint density at radius 3 is 2.61 bits per heavy atom. The number of halogens is 2. The van der Waals surface area contributed by atoms with E-state index in [0.717, 1.165) is 16.5 Å². The van der Waals surface area contributed by atoms with Gasteiger partial charge in [0.05, 0.1) is 23.5 Å². The molecule has 1 aromatic heterocycles. The van der Waals surface area contributed by atoms with Crippen LogP contribution in [0.2, 0.25) is 0 Å². The molecule has 3 aromatic carbocycles. The van der Waals surface area contributed by atoms with Gasteiger partial charge in [0, 0.05) is 36.2 Å². The van der Waals surface area contributed by atoms with Crippen molar-refractivity contribution in [1.29, 1.82) is 0 Å². The van der Waals surface area contributed by atoms with E-state index in [4.69, 9.17) is 0 Å². The first-order chi connectivity index (χ1) is 19.6. The zero-order chi connectivity index (χ0) is 29.1. The predicted molar refractivity (Wildman–Crippen MR) is 154 cm³/mol. The number of hydrogen-bond acceptors (Lipinski definition) is 6. The van der Waals surface area contributed by atoms with Gasteiger partial charge in [-0.05, 0) is 53.4 Å². The van der Waals surface area contributed by atoms with Crippen molar-refractivity contribution < 1.29 is 27.1 Å². The van der Waals surface area contributed by atoms with Crippen LogP contribution in [0.25, 0.3) is 22.0 Å². The Kier molecular flexibility index (Phi) is 8.02. The maximum absolute atomic E-state index is 15.3. The van der Waals surface area contributed by atoms with Crippen LogP contribution in [-0.4, -0.2) is 59.8 Å². The number of likely N-dealkylation sites (tertiary alicyclic amines) is 1. The predicted octanol–water partition coefficient (Wildman–Crippen LogP) is 5.44. The molecule has 0 saturated carbocycles. The molecule has 0 bridgehead atoms. The molecule has 214 valence electrons. The topological polar surface area (TPSA) is 125 Å². The van der Waals surface area contributed by atoms with Crippen molar-refractivity contribution >= 4 is 38.7 Å². The number of anilines is 2. The first-order valence-electron chi connectivity index (χ1n) is 13.1. The Balaban J connectivity index is 1.37. The first-order valence-corrected chi connectivity index (χ1v) is 14.8. The number of aryl methyl sites for hydroxylation is 1. The summed E-state index contributed by atoms with van der Waals surface area (Å²) in [5.74, 6) is -0.569. The van der Waals surface area contributed by atoms with Crippen molar-refractivity contribution in [3.63, 3.8) is 0 Å².